The summed E-state index contributed by atoms with van der Waals surface area (Å²) in [5, 5.41) is 4.25. The molecule has 5 nitrogen and oxygen atoms in total. The predicted molar refractivity (Wildman–Crippen MR) is 87.0 cm³/mol. The van der Waals surface area contributed by atoms with Gasteiger partial charge in [-0.2, -0.15) is 13.2 Å². The SMILES string of the molecule is O=C(Nc1ccccc1C(=O)NCC(F)(F)F)c1cnc(Cl)c(Cl)c1. The molecule has 0 aliphatic rings. The molecule has 10 heteroatoms. The molecule has 0 saturated carbocycles. The summed E-state index contributed by atoms with van der Waals surface area (Å²) in [6.45, 7) is -1.48. The number of amides is 2. The van der Waals surface area contributed by atoms with Gasteiger partial charge in [0.1, 0.15) is 11.7 Å². The standard InChI is InChI=1S/C15H10Cl2F3N3O2/c16-10-5-8(6-21-12(10)17)13(24)23-11-4-2-1-3-9(11)14(25)22-7-15(18,19)20/h1-6H,7H2,(H,22,25)(H,23,24). The highest BCUT2D eigenvalue weighted by Gasteiger charge is 2.28. The lowest BCUT2D eigenvalue weighted by atomic mass is 10.1. The maximum Gasteiger partial charge on any atom is 0.405 e. The van der Waals surface area contributed by atoms with Crippen molar-refractivity contribution in [3.8, 4) is 0 Å². The van der Waals surface area contributed by atoms with Crippen molar-refractivity contribution in [2.75, 3.05) is 11.9 Å². The zero-order chi connectivity index (χ0) is 18.6. The first-order chi connectivity index (χ1) is 11.7. The fourth-order valence-electron chi connectivity index (χ4n) is 1.81. The number of aromatic nitrogens is 1. The Morgan fingerprint density at radius 1 is 1.12 bits per heavy atom. The number of nitrogens with zero attached hydrogens (tertiary/aromatic N) is 1. The summed E-state index contributed by atoms with van der Waals surface area (Å²) < 4.78 is 36.7. The molecule has 2 N–H and O–H groups in total. The highest BCUT2D eigenvalue weighted by molar-refractivity contribution is 6.41. The van der Waals surface area contributed by atoms with E-state index in [9.17, 15) is 22.8 Å². The number of alkyl halides is 3. The van der Waals surface area contributed by atoms with Gasteiger partial charge in [-0.1, -0.05) is 35.3 Å². The molecule has 0 radical (unpaired) electrons. The summed E-state index contributed by atoms with van der Waals surface area (Å²) >= 11 is 11.4. The number of rotatable bonds is 4. The van der Waals surface area contributed by atoms with Crippen LogP contribution in [0.4, 0.5) is 18.9 Å². The molecule has 0 aliphatic heterocycles. The minimum atomic E-state index is -4.54. The monoisotopic (exact) mass is 391 g/mol. The van der Waals surface area contributed by atoms with E-state index in [4.69, 9.17) is 23.2 Å². The van der Waals surface area contributed by atoms with Crippen molar-refractivity contribution in [3.05, 3.63) is 57.8 Å². The third kappa shape index (κ3) is 5.33. The van der Waals surface area contributed by atoms with Crippen LogP contribution in [0.25, 0.3) is 0 Å². The van der Waals surface area contributed by atoms with Gasteiger partial charge >= 0.3 is 6.18 Å². The summed E-state index contributed by atoms with van der Waals surface area (Å²) in [6, 6.07) is 6.92. The van der Waals surface area contributed by atoms with E-state index >= 15 is 0 Å². The van der Waals surface area contributed by atoms with Gasteiger partial charge in [-0.3, -0.25) is 9.59 Å². The van der Waals surface area contributed by atoms with E-state index in [-0.39, 0.29) is 27.0 Å². The van der Waals surface area contributed by atoms with Gasteiger partial charge in [-0.15, -0.1) is 0 Å². The van der Waals surface area contributed by atoms with Crippen LogP contribution in [0.5, 0.6) is 0 Å². The highest BCUT2D eigenvalue weighted by Crippen LogP contribution is 2.21. The maximum absolute atomic E-state index is 12.2. The number of para-hydroxylation sites is 1. The molecule has 0 aliphatic carbocycles. The fraction of sp³-hybridized carbons (Fsp3) is 0.133. The summed E-state index contributed by atoms with van der Waals surface area (Å²) in [4.78, 5) is 27.8. The molecule has 25 heavy (non-hydrogen) atoms. The average Bonchev–Trinajstić information content (AvgIpc) is 2.55. The van der Waals surface area contributed by atoms with Crippen molar-refractivity contribution in [1.82, 2.24) is 10.3 Å². The lowest BCUT2D eigenvalue weighted by Gasteiger charge is -2.12. The smallest absolute Gasteiger partial charge is 0.343 e. The Morgan fingerprint density at radius 2 is 1.80 bits per heavy atom. The number of hydrogen-bond acceptors (Lipinski definition) is 3. The van der Waals surface area contributed by atoms with Crippen LogP contribution in [0.1, 0.15) is 20.7 Å². The van der Waals surface area contributed by atoms with Crippen LogP contribution < -0.4 is 10.6 Å². The summed E-state index contributed by atoms with van der Waals surface area (Å²) in [7, 11) is 0. The zero-order valence-corrected chi connectivity index (χ0v) is 13.8. The van der Waals surface area contributed by atoms with Gasteiger partial charge in [-0.05, 0) is 18.2 Å². The van der Waals surface area contributed by atoms with Gasteiger partial charge < -0.3 is 10.6 Å². The third-order valence-electron chi connectivity index (χ3n) is 2.93. The first-order valence-electron chi connectivity index (χ1n) is 6.74. The Balaban J connectivity index is 2.18. The van der Waals surface area contributed by atoms with E-state index in [0.29, 0.717) is 0 Å². The minimum absolute atomic E-state index is 0.0187. The van der Waals surface area contributed by atoms with Crippen LogP contribution in [-0.4, -0.2) is 29.5 Å². The molecule has 0 atom stereocenters. The number of hydrogen-bond donors (Lipinski definition) is 2. The fourth-order valence-corrected chi connectivity index (χ4v) is 2.08. The Hall–Kier alpha value is -2.32. The van der Waals surface area contributed by atoms with E-state index in [1.165, 1.54) is 36.5 Å². The second kappa shape index (κ2) is 7.71. The van der Waals surface area contributed by atoms with Crippen molar-refractivity contribution in [3.63, 3.8) is 0 Å². The van der Waals surface area contributed by atoms with Crippen LogP contribution in [0.2, 0.25) is 10.2 Å². The normalized spacial score (nSPS) is 11.1. The number of nitrogens with one attached hydrogen (secondary N) is 2. The van der Waals surface area contributed by atoms with Gasteiger partial charge in [0.2, 0.25) is 0 Å². The molecule has 0 spiro atoms. The maximum atomic E-state index is 12.2. The molecule has 2 rings (SSSR count). The first-order valence-corrected chi connectivity index (χ1v) is 7.49. The number of benzene rings is 1. The van der Waals surface area contributed by atoms with Gasteiger partial charge in [0.05, 0.1) is 21.8 Å². The van der Waals surface area contributed by atoms with E-state index in [1.54, 1.807) is 5.32 Å². The molecule has 1 aromatic carbocycles. The molecular formula is C15H10Cl2F3N3O2. The molecule has 0 fully saturated rings. The van der Waals surface area contributed by atoms with Crippen LogP contribution in [0.15, 0.2) is 36.5 Å². The van der Waals surface area contributed by atoms with Crippen molar-refractivity contribution >= 4 is 40.7 Å². The van der Waals surface area contributed by atoms with E-state index in [1.807, 2.05) is 0 Å². The van der Waals surface area contributed by atoms with Gasteiger partial charge in [0.15, 0.2) is 0 Å². The third-order valence-corrected chi connectivity index (χ3v) is 3.61. The van der Waals surface area contributed by atoms with E-state index in [2.05, 4.69) is 10.3 Å². The van der Waals surface area contributed by atoms with Gasteiger partial charge in [0.25, 0.3) is 11.8 Å². The van der Waals surface area contributed by atoms with E-state index < -0.39 is 24.5 Å². The van der Waals surface area contributed by atoms with Gasteiger partial charge in [-0.25, -0.2) is 4.98 Å². The summed E-state index contributed by atoms with van der Waals surface area (Å²) in [5.74, 6) is -1.62. The van der Waals surface area contributed by atoms with Crippen molar-refractivity contribution in [2.24, 2.45) is 0 Å². The number of pyridine rings is 1. The summed E-state index contributed by atoms with van der Waals surface area (Å²) in [5.41, 5.74) is -0.00808. The first kappa shape index (κ1) is 19.0. The number of anilines is 1. The molecule has 0 saturated heterocycles. The molecule has 0 bridgehead atoms. The molecule has 2 aromatic rings. The van der Waals surface area contributed by atoms with Crippen LogP contribution in [-0.2, 0) is 0 Å². The lowest BCUT2D eigenvalue weighted by molar-refractivity contribution is -0.123. The van der Waals surface area contributed by atoms with Gasteiger partial charge in [0, 0.05) is 6.20 Å². The Labute approximate surface area is 150 Å². The van der Waals surface area contributed by atoms with Crippen molar-refractivity contribution < 1.29 is 22.8 Å². The quantitative estimate of drug-likeness (QED) is 0.775. The summed E-state index contributed by atoms with van der Waals surface area (Å²) in [6.07, 6.45) is -3.37. The topological polar surface area (TPSA) is 71.1 Å². The number of halogens is 5. The number of carbonyl (C=O) groups excluding carboxylic acids is 2. The predicted octanol–water partition coefficient (Wildman–Crippen LogP) is 3.93. The Kier molecular flexibility index (Phi) is 5.86. The molecule has 2 amide bonds. The average molecular weight is 392 g/mol. The second-order valence-electron chi connectivity index (χ2n) is 4.79. The molecule has 132 valence electrons. The van der Waals surface area contributed by atoms with Crippen molar-refractivity contribution in [1.29, 1.82) is 0 Å². The minimum Gasteiger partial charge on any atom is -0.343 e. The molecule has 1 aromatic heterocycles. The number of carbonyl (C=O) groups is 2. The Morgan fingerprint density at radius 3 is 2.44 bits per heavy atom. The molecule has 0 unspecified atom stereocenters. The lowest BCUT2D eigenvalue weighted by Crippen LogP contribution is -2.34. The Bertz CT molecular complexity index is 813. The molecular weight excluding hydrogens is 382 g/mol. The van der Waals surface area contributed by atoms with Crippen molar-refractivity contribution in [2.45, 2.75) is 6.18 Å². The van der Waals surface area contributed by atoms with E-state index in [0.717, 1.165) is 0 Å². The highest BCUT2D eigenvalue weighted by atomic mass is 35.5. The van der Waals surface area contributed by atoms with Crippen LogP contribution in [0.3, 0.4) is 0 Å². The largest absolute Gasteiger partial charge is 0.405 e. The molecule has 1 heterocycles. The van der Waals surface area contributed by atoms with Crippen LogP contribution in [0, 0.1) is 0 Å². The van der Waals surface area contributed by atoms with Crippen LogP contribution >= 0.6 is 23.2 Å². The second-order valence-corrected chi connectivity index (χ2v) is 5.56. The zero-order valence-electron chi connectivity index (χ0n) is 12.3.